The van der Waals surface area contributed by atoms with Gasteiger partial charge >= 0.3 is 6.03 Å². The van der Waals surface area contributed by atoms with Crippen molar-refractivity contribution >= 4 is 47.3 Å². The first-order valence-electron chi connectivity index (χ1n) is 9.85. The molecule has 0 radical (unpaired) electrons. The summed E-state index contributed by atoms with van der Waals surface area (Å²) in [6, 6.07) is 13.8. The Morgan fingerprint density at radius 2 is 1.79 bits per heavy atom. The monoisotopic (exact) mass is 507 g/mol. The summed E-state index contributed by atoms with van der Waals surface area (Å²) >= 11 is 0. The van der Waals surface area contributed by atoms with Crippen LogP contribution in [0.3, 0.4) is 0 Å². The van der Waals surface area contributed by atoms with Crippen LogP contribution in [0.2, 0.25) is 0 Å². The van der Waals surface area contributed by atoms with E-state index in [9.17, 15) is 4.79 Å². The minimum absolute atomic E-state index is 0. The second kappa shape index (κ2) is 11.0. The number of carbonyl (C=O) groups is 1. The average molecular weight is 507 g/mol. The van der Waals surface area contributed by atoms with Gasteiger partial charge in [-0.05, 0) is 74.4 Å². The fourth-order valence-electron chi connectivity index (χ4n) is 3.38. The molecule has 0 unspecified atom stereocenters. The first-order chi connectivity index (χ1) is 13.5. The zero-order chi connectivity index (χ0) is 19.9. The number of fused-ring (bicyclic) bond motifs is 1. The fourth-order valence-corrected chi connectivity index (χ4v) is 3.38. The largest absolute Gasteiger partial charge is 0.370 e. The van der Waals surface area contributed by atoms with E-state index in [0.717, 1.165) is 29.8 Å². The Hall–Kier alpha value is -2.29. The van der Waals surface area contributed by atoms with Gasteiger partial charge in [0.1, 0.15) is 0 Å². The standard InChI is InChI=1S/C22H29N5O.HI/c1-15(2)25-22(28)26-18-12-10-16(11-13-18)14-24-21(23)27-20-9-5-7-17-6-3-4-8-19(17)20;/h5,7,9-13,15H,3-4,6,8,14H2,1-2H3,(H3,23,24,27)(H2,25,26,28);1H. The lowest BCUT2D eigenvalue weighted by Crippen LogP contribution is -2.34. The number of nitrogens with two attached hydrogens (primary N) is 1. The van der Waals surface area contributed by atoms with E-state index >= 15 is 0 Å². The predicted octanol–water partition coefficient (Wildman–Crippen LogP) is 4.64. The van der Waals surface area contributed by atoms with Gasteiger partial charge in [0.15, 0.2) is 5.96 Å². The number of urea groups is 1. The van der Waals surface area contributed by atoms with Crippen molar-refractivity contribution in [3.8, 4) is 0 Å². The first-order valence-corrected chi connectivity index (χ1v) is 9.85. The van der Waals surface area contributed by atoms with Gasteiger partial charge in [-0.2, -0.15) is 0 Å². The lowest BCUT2D eigenvalue weighted by Gasteiger charge is -2.19. The van der Waals surface area contributed by atoms with Crippen LogP contribution in [0.4, 0.5) is 16.2 Å². The molecule has 0 spiro atoms. The van der Waals surface area contributed by atoms with Crippen LogP contribution in [0.1, 0.15) is 43.4 Å². The molecule has 2 aromatic rings. The minimum Gasteiger partial charge on any atom is -0.370 e. The van der Waals surface area contributed by atoms with Crippen LogP contribution in [-0.2, 0) is 19.4 Å². The summed E-state index contributed by atoms with van der Waals surface area (Å²) in [7, 11) is 0. The highest BCUT2D eigenvalue weighted by molar-refractivity contribution is 14.0. The molecular weight excluding hydrogens is 477 g/mol. The Bertz CT molecular complexity index is 849. The van der Waals surface area contributed by atoms with Crippen molar-refractivity contribution < 1.29 is 4.79 Å². The highest BCUT2D eigenvalue weighted by Crippen LogP contribution is 2.27. The third-order valence-electron chi connectivity index (χ3n) is 4.72. The molecule has 5 N–H and O–H groups in total. The van der Waals surface area contributed by atoms with Crippen LogP contribution >= 0.6 is 24.0 Å². The van der Waals surface area contributed by atoms with Crippen molar-refractivity contribution in [2.75, 3.05) is 10.6 Å². The van der Waals surface area contributed by atoms with Crippen molar-refractivity contribution in [1.82, 2.24) is 5.32 Å². The number of aryl methyl sites for hydroxylation is 1. The molecule has 156 valence electrons. The van der Waals surface area contributed by atoms with Gasteiger partial charge in [-0.25, -0.2) is 9.79 Å². The molecule has 0 atom stereocenters. The van der Waals surface area contributed by atoms with Crippen LogP contribution < -0.4 is 21.7 Å². The molecule has 3 rings (SSSR count). The van der Waals surface area contributed by atoms with E-state index in [0.29, 0.717) is 12.5 Å². The molecular formula is C22H30IN5O. The summed E-state index contributed by atoms with van der Waals surface area (Å²) in [6.45, 7) is 4.32. The van der Waals surface area contributed by atoms with Gasteiger partial charge in [-0.1, -0.05) is 24.3 Å². The first kappa shape index (κ1) is 23.0. The van der Waals surface area contributed by atoms with Crippen molar-refractivity contribution in [1.29, 1.82) is 0 Å². The number of hydrogen-bond donors (Lipinski definition) is 4. The highest BCUT2D eigenvalue weighted by atomic mass is 127. The number of aliphatic imine (C=N–C) groups is 1. The maximum Gasteiger partial charge on any atom is 0.319 e. The number of guanidine groups is 1. The second-order valence-corrected chi connectivity index (χ2v) is 7.43. The smallest absolute Gasteiger partial charge is 0.319 e. The van der Waals surface area contributed by atoms with Crippen molar-refractivity contribution in [3.63, 3.8) is 0 Å². The number of rotatable bonds is 5. The number of benzene rings is 2. The summed E-state index contributed by atoms with van der Waals surface area (Å²) in [5.74, 6) is 0.414. The maximum absolute atomic E-state index is 11.7. The SMILES string of the molecule is CC(C)NC(=O)Nc1ccc(CN=C(N)Nc2cccc3c2CCCC3)cc1.I. The number of anilines is 2. The minimum atomic E-state index is -0.208. The Morgan fingerprint density at radius 3 is 2.52 bits per heavy atom. The quantitative estimate of drug-likeness (QED) is 0.270. The summed E-state index contributed by atoms with van der Waals surface area (Å²) in [5, 5.41) is 8.86. The lowest BCUT2D eigenvalue weighted by molar-refractivity contribution is 0.250. The van der Waals surface area contributed by atoms with Gasteiger partial charge in [0.25, 0.3) is 0 Å². The average Bonchev–Trinajstić information content (AvgIpc) is 2.67. The van der Waals surface area contributed by atoms with E-state index in [2.05, 4.69) is 39.1 Å². The predicted molar refractivity (Wildman–Crippen MR) is 131 cm³/mol. The summed E-state index contributed by atoms with van der Waals surface area (Å²) in [6.07, 6.45) is 4.70. The van der Waals surface area contributed by atoms with E-state index in [1.807, 2.05) is 38.1 Å². The Labute approximate surface area is 189 Å². The van der Waals surface area contributed by atoms with E-state index in [1.54, 1.807) is 0 Å². The number of nitrogens with zero attached hydrogens (tertiary/aromatic N) is 1. The van der Waals surface area contributed by atoms with Crippen molar-refractivity contribution in [2.45, 2.75) is 52.1 Å². The highest BCUT2D eigenvalue weighted by Gasteiger charge is 2.13. The van der Waals surface area contributed by atoms with Crippen LogP contribution in [0.15, 0.2) is 47.5 Å². The molecule has 2 aromatic carbocycles. The molecule has 2 amide bonds. The molecule has 0 saturated carbocycles. The molecule has 29 heavy (non-hydrogen) atoms. The zero-order valence-corrected chi connectivity index (χ0v) is 19.3. The van der Waals surface area contributed by atoms with Crippen LogP contribution in [0.25, 0.3) is 0 Å². The van der Waals surface area contributed by atoms with Gasteiger partial charge < -0.3 is 21.7 Å². The molecule has 0 saturated heterocycles. The maximum atomic E-state index is 11.7. The Kier molecular flexibility index (Phi) is 8.75. The lowest BCUT2D eigenvalue weighted by atomic mass is 9.90. The normalized spacial score (nSPS) is 13.3. The molecule has 0 bridgehead atoms. The number of amides is 2. The molecule has 0 aliphatic heterocycles. The van der Waals surface area contributed by atoms with Crippen LogP contribution in [0.5, 0.6) is 0 Å². The molecule has 0 aromatic heterocycles. The molecule has 1 aliphatic carbocycles. The molecule has 6 nitrogen and oxygen atoms in total. The number of hydrogen-bond acceptors (Lipinski definition) is 2. The van der Waals surface area contributed by atoms with Gasteiger partial charge in [-0.3, -0.25) is 0 Å². The summed E-state index contributed by atoms with van der Waals surface area (Å²) < 4.78 is 0. The van der Waals surface area contributed by atoms with Gasteiger partial charge in [0, 0.05) is 17.4 Å². The molecule has 0 fully saturated rings. The Morgan fingerprint density at radius 1 is 1.07 bits per heavy atom. The summed E-state index contributed by atoms with van der Waals surface area (Å²) in [5.41, 5.74) is 11.7. The third-order valence-corrected chi connectivity index (χ3v) is 4.72. The van der Waals surface area contributed by atoms with Gasteiger partial charge in [-0.15, -0.1) is 24.0 Å². The molecule has 1 aliphatic rings. The van der Waals surface area contributed by atoms with Crippen molar-refractivity contribution in [2.24, 2.45) is 10.7 Å². The van der Waals surface area contributed by atoms with Crippen molar-refractivity contribution in [3.05, 3.63) is 59.2 Å². The fraction of sp³-hybridized carbons (Fsp3) is 0.364. The topological polar surface area (TPSA) is 91.5 Å². The molecule has 7 heteroatoms. The number of carbonyl (C=O) groups excluding carboxylic acids is 1. The van der Waals surface area contributed by atoms with E-state index in [-0.39, 0.29) is 36.0 Å². The Balaban J connectivity index is 0.00000300. The number of halogens is 1. The third kappa shape index (κ3) is 6.92. The van der Waals surface area contributed by atoms with Gasteiger partial charge in [0.2, 0.25) is 0 Å². The summed E-state index contributed by atoms with van der Waals surface area (Å²) in [4.78, 5) is 16.2. The zero-order valence-electron chi connectivity index (χ0n) is 17.0. The van der Waals surface area contributed by atoms with E-state index in [4.69, 9.17) is 5.73 Å². The van der Waals surface area contributed by atoms with Crippen LogP contribution in [0, 0.1) is 0 Å². The second-order valence-electron chi connectivity index (χ2n) is 7.43. The molecule has 0 heterocycles. The van der Waals surface area contributed by atoms with Gasteiger partial charge in [0.05, 0.1) is 6.54 Å². The number of nitrogens with one attached hydrogen (secondary N) is 3. The van der Waals surface area contributed by atoms with E-state index < -0.39 is 0 Å². The van der Waals surface area contributed by atoms with Crippen LogP contribution in [-0.4, -0.2) is 18.0 Å². The van der Waals surface area contributed by atoms with E-state index in [1.165, 1.54) is 24.0 Å².